The van der Waals surface area contributed by atoms with Gasteiger partial charge in [0.05, 0.1) is 0 Å². The van der Waals surface area contributed by atoms with E-state index in [9.17, 15) is 4.79 Å². The van der Waals surface area contributed by atoms with Crippen LogP contribution < -0.4 is 5.90 Å². The topological polar surface area (TPSA) is 72.5 Å². The Labute approximate surface area is 66.7 Å². The lowest BCUT2D eigenvalue weighted by Gasteiger charge is -2.02. The summed E-state index contributed by atoms with van der Waals surface area (Å²) in [7, 11) is 0. The van der Waals surface area contributed by atoms with Crippen LogP contribution in [0.1, 0.15) is 6.92 Å². The van der Waals surface area contributed by atoms with Crippen LogP contribution in [0.4, 0.5) is 0 Å². The molecule has 3 N–H and O–H groups in total. The van der Waals surface area contributed by atoms with Gasteiger partial charge in [-0.25, -0.2) is 10.7 Å². The van der Waals surface area contributed by atoms with Gasteiger partial charge in [-0.3, -0.25) is 4.84 Å². The standard InChI is InChI=1S/C5H8BrNO3/c1-3(6)2-4(10-7)5(8)9/h2,4H,7H2,1H3,(H,8,9)/b3-2-. The van der Waals surface area contributed by atoms with Crippen LogP contribution in [-0.2, 0) is 9.63 Å². The van der Waals surface area contributed by atoms with Gasteiger partial charge in [0.2, 0.25) is 0 Å². The maximum atomic E-state index is 10.2. The van der Waals surface area contributed by atoms with E-state index in [1.165, 1.54) is 6.08 Å². The van der Waals surface area contributed by atoms with Crippen LogP contribution in [0.5, 0.6) is 0 Å². The molecule has 0 heterocycles. The zero-order valence-corrected chi connectivity index (χ0v) is 6.96. The first kappa shape index (κ1) is 9.61. The van der Waals surface area contributed by atoms with Gasteiger partial charge in [-0.1, -0.05) is 15.9 Å². The number of carbonyl (C=O) groups is 1. The van der Waals surface area contributed by atoms with Gasteiger partial charge in [-0.05, 0) is 17.5 Å². The van der Waals surface area contributed by atoms with Crippen molar-refractivity contribution in [2.45, 2.75) is 13.0 Å². The maximum Gasteiger partial charge on any atom is 0.339 e. The van der Waals surface area contributed by atoms with Crippen molar-refractivity contribution in [2.24, 2.45) is 5.90 Å². The smallest absolute Gasteiger partial charge is 0.339 e. The normalized spacial score (nSPS) is 14.9. The van der Waals surface area contributed by atoms with Gasteiger partial charge in [-0.2, -0.15) is 0 Å². The molecule has 0 fully saturated rings. The molecule has 0 aliphatic rings. The molecule has 0 aromatic rings. The van der Waals surface area contributed by atoms with Gasteiger partial charge < -0.3 is 5.11 Å². The molecule has 0 aromatic heterocycles. The summed E-state index contributed by atoms with van der Waals surface area (Å²) in [6.07, 6.45) is 0.280. The number of hydrogen-bond donors (Lipinski definition) is 2. The predicted molar refractivity (Wildman–Crippen MR) is 39.4 cm³/mol. The Hall–Kier alpha value is -0.390. The second-order valence-electron chi connectivity index (χ2n) is 1.65. The molecule has 0 saturated heterocycles. The van der Waals surface area contributed by atoms with Crippen molar-refractivity contribution < 1.29 is 14.7 Å². The molecule has 1 atom stereocenters. The maximum absolute atomic E-state index is 10.2. The van der Waals surface area contributed by atoms with Gasteiger partial charge in [0.25, 0.3) is 0 Å². The van der Waals surface area contributed by atoms with E-state index >= 15 is 0 Å². The van der Waals surface area contributed by atoms with Gasteiger partial charge in [-0.15, -0.1) is 0 Å². The Morgan fingerprint density at radius 3 is 2.50 bits per heavy atom. The predicted octanol–water partition coefficient (Wildman–Crippen LogP) is 0.629. The highest BCUT2D eigenvalue weighted by molar-refractivity contribution is 9.11. The molecule has 0 amide bonds. The first-order chi connectivity index (χ1) is 4.57. The Kier molecular flexibility index (Phi) is 4.26. The Morgan fingerprint density at radius 2 is 2.40 bits per heavy atom. The van der Waals surface area contributed by atoms with Crippen molar-refractivity contribution in [3.63, 3.8) is 0 Å². The molecule has 0 radical (unpaired) electrons. The third-order valence-corrected chi connectivity index (χ3v) is 1.04. The SMILES string of the molecule is C/C(Br)=C/C(ON)C(=O)O. The lowest BCUT2D eigenvalue weighted by molar-refractivity contribution is -0.147. The fourth-order valence-corrected chi connectivity index (χ4v) is 0.617. The van der Waals surface area contributed by atoms with E-state index in [1.54, 1.807) is 6.92 Å². The van der Waals surface area contributed by atoms with Crippen LogP contribution in [0.15, 0.2) is 10.6 Å². The van der Waals surface area contributed by atoms with E-state index in [0.29, 0.717) is 4.48 Å². The van der Waals surface area contributed by atoms with Crippen molar-refractivity contribution >= 4 is 21.9 Å². The van der Waals surface area contributed by atoms with Gasteiger partial charge in [0.1, 0.15) is 0 Å². The van der Waals surface area contributed by atoms with E-state index in [-0.39, 0.29) is 0 Å². The average Bonchev–Trinajstić information content (AvgIpc) is 1.81. The van der Waals surface area contributed by atoms with Crippen molar-refractivity contribution in [1.82, 2.24) is 0 Å². The fraction of sp³-hybridized carbons (Fsp3) is 0.400. The van der Waals surface area contributed by atoms with E-state index < -0.39 is 12.1 Å². The third-order valence-electron chi connectivity index (χ3n) is 0.771. The summed E-state index contributed by atoms with van der Waals surface area (Å²) < 4.78 is 0.672. The number of aliphatic carboxylic acids is 1. The Morgan fingerprint density at radius 1 is 1.90 bits per heavy atom. The van der Waals surface area contributed by atoms with E-state index in [1.807, 2.05) is 0 Å². The van der Waals surface area contributed by atoms with Crippen LogP contribution in [0.3, 0.4) is 0 Å². The van der Waals surface area contributed by atoms with Crippen LogP contribution >= 0.6 is 15.9 Å². The largest absolute Gasteiger partial charge is 0.479 e. The summed E-state index contributed by atoms with van der Waals surface area (Å²) in [6, 6.07) is 0. The number of hydrogen-bond acceptors (Lipinski definition) is 3. The van der Waals surface area contributed by atoms with Crippen molar-refractivity contribution in [3.05, 3.63) is 10.6 Å². The minimum absolute atomic E-state index is 0.672. The zero-order chi connectivity index (χ0) is 8.15. The average molecular weight is 210 g/mol. The van der Waals surface area contributed by atoms with Gasteiger partial charge in [0, 0.05) is 0 Å². The number of halogens is 1. The molecule has 5 heteroatoms. The number of allylic oxidation sites excluding steroid dienone is 1. The molecule has 4 nitrogen and oxygen atoms in total. The highest BCUT2D eigenvalue weighted by Gasteiger charge is 2.12. The second kappa shape index (κ2) is 4.43. The van der Waals surface area contributed by atoms with Crippen molar-refractivity contribution in [1.29, 1.82) is 0 Å². The zero-order valence-electron chi connectivity index (χ0n) is 5.37. The van der Waals surface area contributed by atoms with Crippen molar-refractivity contribution in [3.8, 4) is 0 Å². The highest BCUT2D eigenvalue weighted by atomic mass is 79.9. The molecular formula is C5H8BrNO3. The Bertz CT molecular complexity index is 153. The first-order valence-electron chi connectivity index (χ1n) is 2.50. The summed E-state index contributed by atoms with van der Waals surface area (Å²) in [5, 5.41) is 8.35. The summed E-state index contributed by atoms with van der Waals surface area (Å²) in [6.45, 7) is 1.69. The molecule has 1 unspecified atom stereocenters. The minimum atomic E-state index is -1.11. The quantitative estimate of drug-likeness (QED) is 0.670. The second-order valence-corrected chi connectivity index (χ2v) is 2.90. The summed E-state index contributed by atoms with van der Waals surface area (Å²) in [5.41, 5.74) is 0. The van der Waals surface area contributed by atoms with Crippen LogP contribution in [0.2, 0.25) is 0 Å². The number of nitrogens with two attached hydrogens (primary N) is 1. The molecule has 58 valence electrons. The van der Waals surface area contributed by atoms with E-state index in [2.05, 4.69) is 26.7 Å². The number of carboxylic acids is 1. The lowest BCUT2D eigenvalue weighted by Crippen LogP contribution is -2.24. The first-order valence-corrected chi connectivity index (χ1v) is 3.29. The minimum Gasteiger partial charge on any atom is -0.479 e. The summed E-state index contributed by atoms with van der Waals surface area (Å²) >= 11 is 3.05. The molecular weight excluding hydrogens is 202 g/mol. The summed E-state index contributed by atoms with van der Waals surface area (Å²) in [5.74, 6) is 3.57. The molecule has 0 aromatic carbocycles. The van der Waals surface area contributed by atoms with E-state index in [4.69, 9.17) is 5.11 Å². The molecule has 0 rings (SSSR count). The lowest BCUT2D eigenvalue weighted by atomic mass is 10.3. The molecule has 0 saturated carbocycles. The Balaban J connectivity index is 4.09. The monoisotopic (exact) mass is 209 g/mol. The van der Waals surface area contributed by atoms with Crippen molar-refractivity contribution in [2.75, 3.05) is 0 Å². The highest BCUT2D eigenvalue weighted by Crippen LogP contribution is 2.04. The fourth-order valence-electron chi connectivity index (χ4n) is 0.377. The van der Waals surface area contributed by atoms with Crippen LogP contribution in [-0.4, -0.2) is 17.2 Å². The molecule has 0 bridgehead atoms. The number of rotatable bonds is 3. The number of carboxylic acid groups (broad SMARTS) is 1. The van der Waals surface area contributed by atoms with Gasteiger partial charge in [0.15, 0.2) is 6.10 Å². The van der Waals surface area contributed by atoms with Gasteiger partial charge >= 0.3 is 5.97 Å². The van der Waals surface area contributed by atoms with Crippen LogP contribution in [0.25, 0.3) is 0 Å². The molecule has 10 heavy (non-hydrogen) atoms. The molecule has 0 aliphatic carbocycles. The third kappa shape index (κ3) is 3.60. The molecule has 0 aliphatic heterocycles. The van der Waals surface area contributed by atoms with Crippen LogP contribution in [0, 0.1) is 0 Å². The summed E-state index contributed by atoms with van der Waals surface area (Å²) in [4.78, 5) is 14.3. The van der Waals surface area contributed by atoms with E-state index in [0.717, 1.165) is 0 Å². The molecule has 0 spiro atoms.